The zero-order valence-corrected chi connectivity index (χ0v) is 28.8. The number of alkyl halides is 1. The van der Waals surface area contributed by atoms with E-state index in [1.54, 1.807) is 0 Å². The van der Waals surface area contributed by atoms with Crippen LogP contribution in [-0.2, 0) is 19.2 Å². The summed E-state index contributed by atoms with van der Waals surface area (Å²) >= 11 is 3.26. The molecule has 0 spiro atoms. The van der Waals surface area contributed by atoms with Crippen molar-refractivity contribution < 1.29 is 111 Å². The Labute approximate surface area is 283 Å². The Morgan fingerprint density at radius 2 is 1.26 bits per heavy atom. The fourth-order valence-corrected chi connectivity index (χ4v) is 3.08. The third-order valence-electron chi connectivity index (χ3n) is 5.51. The number of halogens is 1. The van der Waals surface area contributed by atoms with Crippen LogP contribution < -0.4 is 86.1 Å². The minimum absolute atomic E-state index is 0. The van der Waals surface area contributed by atoms with Crippen LogP contribution in [0, 0.1) is 5.41 Å². The molecule has 11 N–H and O–H groups in total. The molecule has 0 aliphatic rings. The maximum atomic E-state index is 11.3. The van der Waals surface area contributed by atoms with Crippen molar-refractivity contribution in [3.63, 3.8) is 0 Å². The molecule has 0 aliphatic heterocycles. The van der Waals surface area contributed by atoms with Crippen LogP contribution in [0.1, 0.15) is 42.9 Å². The summed E-state index contributed by atoms with van der Waals surface area (Å²) in [6.45, 7) is 6.35. The molecule has 0 heterocycles. The molecular weight excluding hydrogens is 608 g/mol. The monoisotopic (exact) mass is 649 g/mol. The van der Waals surface area contributed by atoms with Crippen LogP contribution in [0.25, 0.3) is 0 Å². The van der Waals surface area contributed by atoms with Crippen LogP contribution in [-0.4, -0.2) is 111 Å². The Kier molecular flexibility index (Phi) is 28.4. The van der Waals surface area contributed by atoms with Crippen LogP contribution in [0.3, 0.4) is 0 Å². The first-order chi connectivity index (χ1) is 17.2. The van der Waals surface area contributed by atoms with E-state index in [-0.39, 0.29) is 100 Å². The maximum absolute atomic E-state index is 11.3. The van der Waals surface area contributed by atoms with Gasteiger partial charge in [-0.25, -0.2) is 4.79 Å². The van der Waals surface area contributed by atoms with Crippen molar-refractivity contribution in [2.24, 2.45) is 11.1 Å². The van der Waals surface area contributed by atoms with Gasteiger partial charge in [0, 0.05) is 25.2 Å². The predicted octanol–water partition coefficient (Wildman–Crippen LogP) is -7.50. The van der Waals surface area contributed by atoms with Gasteiger partial charge in [0.25, 0.3) is 5.41 Å². The molecule has 220 valence electrons. The topological polar surface area (TPSA) is 261 Å². The van der Waals surface area contributed by atoms with Gasteiger partial charge in [-0.1, -0.05) is 36.7 Å². The first-order valence-electron chi connectivity index (χ1n) is 11.6. The number of carbonyl (C=O) groups is 5. The second kappa shape index (κ2) is 24.2. The van der Waals surface area contributed by atoms with Gasteiger partial charge in [0.2, 0.25) is 5.91 Å². The van der Waals surface area contributed by atoms with Crippen molar-refractivity contribution in [3.05, 3.63) is 0 Å². The molecule has 0 aromatic rings. The Hall–Kier alpha value is -0.370. The summed E-state index contributed by atoms with van der Waals surface area (Å²) in [6, 6.07) is -1.51. The summed E-state index contributed by atoms with van der Waals surface area (Å²) < 4.78 is -0.665. The molecule has 0 saturated heterocycles. The number of nitrogens with two attached hydrogens (primary N) is 1. The number of rotatable bonds is 18. The Morgan fingerprint density at radius 3 is 1.56 bits per heavy atom. The summed E-state index contributed by atoms with van der Waals surface area (Å²) in [7, 11) is 0. The molecule has 3 amide bonds. The van der Waals surface area contributed by atoms with E-state index in [9.17, 15) is 29.1 Å². The second-order valence-corrected chi connectivity index (χ2v) is 9.51. The van der Waals surface area contributed by atoms with Crippen molar-refractivity contribution in [1.29, 1.82) is 0 Å². The number of urea groups is 1. The molecule has 0 saturated carbocycles. The summed E-state index contributed by atoms with van der Waals surface area (Å²) in [5.41, 5.74) is 1.87. The minimum atomic E-state index is -2.94. The van der Waals surface area contributed by atoms with Gasteiger partial charge in [-0.3, -0.25) is 24.5 Å². The van der Waals surface area contributed by atoms with E-state index >= 15 is 0 Å². The Bertz CT molecular complexity index is 738. The van der Waals surface area contributed by atoms with Gasteiger partial charge < -0.3 is 50.1 Å². The van der Waals surface area contributed by atoms with Crippen molar-refractivity contribution in [2.45, 2.75) is 56.4 Å². The van der Waals surface area contributed by atoms with E-state index in [2.05, 4.69) is 31.9 Å². The van der Waals surface area contributed by atoms with E-state index in [0.717, 1.165) is 0 Å². The van der Waals surface area contributed by atoms with Crippen LogP contribution in [0.2, 0.25) is 0 Å². The molecule has 0 fully saturated rings. The number of likely N-dealkylation sites (N-methyl/N-ethyl adjacent to an activating group) is 1. The van der Waals surface area contributed by atoms with E-state index in [4.69, 9.17) is 26.2 Å². The number of imide groups is 1. The second-order valence-electron chi connectivity index (χ2n) is 7.99. The van der Waals surface area contributed by atoms with Gasteiger partial charge in [0.1, 0.15) is 4.32 Å². The average Bonchev–Trinajstić information content (AvgIpc) is 2.83. The molecule has 15 nitrogen and oxygen atoms in total. The normalized spacial score (nSPS) is 12.4. The number of carbonyl (C=O) groups excluding carboxylic acids is 2. The number of carboxylic acid groups (broad SMARTS) is 3. The van der Waals surface area contributed by atoms with E-state index in [0.29, 0.717) is 25.9 Å². The predicted molar refractivity (Wildman–Crippen MR) is 138 cm³/mol. The van der Waals surface area contributed by atoms with Crippen LogP contribution in [0.4, 0.5) is 4.79 Å². The van der Waals surface area contributed by atoms with Crippen LogP contribution in [0.15, 0.2) is 0 Å². The Balaban J connectivity index is -0.000000164. The van der Waals surface area contributed by atoms with Crippen molar-refractivity contribution in [2.75, 3.05) is 39.4 Å². The fraction of sp³-hybridized carbons (Fsp3) is 0.762. The summed E-state index contributed by atoms with van der Waals surface area (Å²) in [5.74, 6) is -6.24. The van der Waals surface area contributed by atoms with Gasteiger partial charge in [0.05, 0.1) is 13.2 Å². The molecule has 2 atom stereocenters. The van der Waals surface area contributed by atoms with Crippen molar-refractivity contribution in [1.82, 2.24) is 21.3 Å². The van der Waals surface area contributed by atoms with Crippen LogP contribution >= 0.6 is 15.9 Å². The molecule has 0 aliphatic carbocycles. The van der Waals surface area contributed by atoms with Crippen LogP contribution in [0.5, 0.6) is 0 Å². The Morgan fingerprint density at radius 1 is 0.846 bits per heavy atom. The molecule has 0 rings (SSSR count). The van der Waals surface area contributed by atoms with E-state index in [1.807, 2.05) is 26.1 Å². The molecule has 0 bridgehead atoms. The number of aliphatic hydroxyl groups excluding tert-OH is 2. The number of primary amides is 1. The molecule has 2 unspecified atom stereocenters. The number of hydrogen-bond acceptors (Lipinski definition) is 10. The summed E-state index contributed by atoms with van der Waals surface area (Å²) in [5, 5.41) is 56.2. The molecule has 0 radical (unpaired) electrons. The molecule has 39 heavy (non-hydrogen) atoms. The molecule has 0 aromatic carbocycles. The quantitative estimate of drug-likeness (QED) is 0.0376. The van der Waals surface area contributed by atoms with Crippen molar-refractivity contribution in [3.8, 4) is 0 Å². The van der Waals surface area contributed by atoms with Gasteiger partial charge >= 0.3 is 83.1 Å². The number of aliphatic hydroxyl groups is 2. The average molecular weight is 650 g/mol. The number of carboxylic acids is 3. The zero-order valence-electron chi connectivity index (χ0n) is 25.3. The molecule has 18 heteroatoms. The number of nitrogens with one attached hydrogen (secondary N) is 4. The minimum Gasteiger partial charge on any atom is -1.00 e. The maximum Gasteiger partial charge on any atom is 1.00 e. The first-order valence-corrected chi connectivity index (χ1v) is 12.4. The largest absolute Gasteiger partial charge is 1.00 e. The smallest absolute Gasteiger partial charge is 1.00 e. The number of aliphatic carboxylic acids is 3. The van der Waals surface area contributed by atoms with Gasteiger partial charge in [-0.2, -0.15) is 0 Å². The number of hydrogen-bond donors (Lipinski definition) is 10. The van der Waals surface area contributed by atoms with Gasteiger partial charge in [0.15, 0.2) is 0 Å². The molecule has 0 aromatic heterocycles. The third kappa shape index (κ3) is 16.6. The van der Waals surface area contributed by atoms with Gasteiger partial charge in [-0.05, 0) is 32.4 Å². The number of amides is 3. The first kappa shape index (κ1) is 45.6. The van der Waals surface area contributed by atoms with E-state index < -0.39 is 46.1 Å². The summed E-state index contributed by atoms with van der Waals surface area (Å²) in [6.07, 6.45) is 0.547. The van der Waals surface area contributed by atoms with Gasteiger partial charge in [-0.15, -0.1) is 0 Å². The fourth-order valence-electron chi connectivity index (χ4n) is 2.98. The molecular formula is C21H42BrN5Na2O10. The summed E-state index contributed by atoms with van der Waals surface area (Å²) in [4.78, 5) is 55.0. The zero-order chi connectivity index (χ0) is 29.2. The SMILES string of the molecule is CCC(Br)(CC)C(=O)NC(N)=O.CCNC(CO)CNCC(CO)NCCC(C(=O)O)(C(=O)O)C(=O)O.[H-].[H-].[Na+].[Na+]. The standard InChI is InChI=1S/C14H27N3O8.C7H13BrN2O2.2Na.2H/c1-2-16-9(7-18)5-15-6-10(8-19)17-4-3-14(11(20)21,12(22)23)13(24)25;1-3-7(8,4-2)5(11)10-6(9)12;;;;/h9-10,15-19H,2-8H2,1H3,(H,20,21)(H,22,23)(H,24,25);3-4H2,1-2H3,(H3,9,10,11,12);;;;/q;;2*+1;2*-1. The van der Waals surface area contributed by atoms with E-state index in [1.165, 1.54) is 0 Å². The van der Waals surface area contributed by atoms with Crippen molar-refractivity contribution >= 4 is 45.8 Å². The third-order valence-corrected chi connectivity index (χ3v) is 6.99.